The number of hydrogen-bond acceptors (Lipinski definition) is 10. The number of alkyl carbamates (subject to hydrolysis) is 2. The van der Waals surface area contributed by atoms with Crippen LogP contribution in [0.1, 0.15) is 89.4 Å². The Morgan fingerprint density at radius 3 is 1.73 bits per heavy atom. The molecular weight excluding hydrogens is 737 g/mol. The Morgan fingerprint density at radius 1 is 0.750 bits per heavy atom. The van der Waals surface area contributed by atoms with Crippen molar-refractivity contribution in [1.29, 1.82) is 0 Å². The lowest BCUT2D eigenvalue weighted by molar-refractivity contribution is -0.191. The fourth-order valence-corrected chi connectivity index (χ4v) is 4.73. The lowest BCUT2D eigenvalue weighted by Crippen LogP contribution is -2.47. The first-order valence-electron chi connectivity index (χ1n) is 17.2. The maximum atomic E-state index is 14.2. The third kappa shape index (κ3) is 17.0. The van der Waals surface area contributed by atoms with Gasteiger partial charge in [0.2, 0.25) is 11.9 Å². The first-order valence-corrected chi connectivity index (χ1v) is 17.2. The molecule has 302 valence electrons. The molecule has 0 aliphatic carbocycles. The lowest BCUT2D eigenvalue weighted by atomic mass is 9.83. The van der Waals surface area contributed by atoms with E-state index in [9.17, 15) is 32.3 Å². The summed E-state index contributed by atoms with van der Waals surface area (Å²) in [5.74, 6) is -2.25. The minimum absolute atomic E-state index is 0.0330. The lowest BCUT2D eigenvalue weighted by Gasteiger charge is -2.32. The Morgan fingerprint density at radius 2 is 1.27 bits per heavy atom. The Kier molecular flexibility index (Phi) is 16.1. The van der Waals surface area contributed by atoms with Crippen molar-refractivity contribution in [1.82, 2.24) is 16.0 Å². The third-order valence-electron chi connectivity index (χ3n) is 7.19. The number of ether oxygens (including phenoxy) is 3. The molecule has 3 aromatic rings. The Hall–Kier alpha value is -6.02. The summed E-state index contributed by atoms with van der Waals surface area (Å²) in [4.78, 5) is 71.2. The molecule has 0 aliphatic heterocycles. The number of nitrogens with one attached hydrogen (secondary N) is 3. The van der Waals surface area contributed by atoms with Gasteiger partial charge in [0.1, 0.15) is 17.0 Å². The zero-order chi connectivity index (χ0) is 42.5. The van der Waals surface area contributed by atoms with Crippen LogP contribution in [0, 0.1) is 5.41 Å². The zero-order valence-corrected chi connectivity index (χ0v) is 32.7. The van der Waals surface area contributed by atoms with Gasteiger partial charge < -0.3 is 19.5 Å². The molecule has 0 heterocycles. The molecule has 1 atom stereocenters. The highest BCUT2D eigenvalue weighted by Gasteiger charge is 2.35. The number of esters is 1. The van der Waals surface area contributed by atoms with Crippen LogP contribution < -0.4 is 20.7 Å². The molecule has 3 aromatic carbocycles. The van der Waals surface area contributed by atoms with E-state index in [4.69, 9.17) is 23.8 Å². The first-order chi connectivity index (χ1) is 25.8. The minimum Gasteiger partial charge on any atom is -0.444 e. The summed E-state index contributed by atoms with van der Waals surface area (Å²) >= 11 is 0. The van der Waals surface area contributed by atoms with E-state index in [1.807, 2.05) is 51.1 Å². The molecule has 0 aromatic heterocycles. The maximum absolute atomic E-state index is 14.2. The summed E-state index contributed by atoms with van der Waals surface area (Å²) in [6.07, 6.45) is -6.45. The molecule has 0 bridgehead atoms. The van der Waals surface area contributed by atoms with Gasteiger partial charge in [-0.1, -0.05) is 57.2 Å². The molecule has 3 amide bonds. The van der Waals surface area contributed by atoms with Crippen LogP contribution in [0.15, 0.2) is 77.8 Å². The summed E-state index contributed by atoms with van der Waals surface area (Å²) in [5, 5.41) is 7.57. The van der Waals surface area contributed by atoms with E-state index in [0.29, 0.717) is 12.5 Å². The van der Waals surface area contributed by atoms with Crippen LogP contribution in [0.25, 0.3) is 0 Å². The van der Waals surface area contributed by atoms with Crippen LogP contribution in [0.2, 0.25) is 0 Å². The molecule has 0 saturated carbocycles. The van der Waals surface area contributed by atoms with E-state index in [1.54, 1.807) is 41.5 Å². The van der Waals surface area contributed by atoms with Gasteiger partial charge in [0.15, 0.2) is 0 Å². The summed E-state index contributed by atoms with van der Waals surface area (Å²) in [6.45, 7) is 15.7. The largest absolute Gasteiger partial charge is 0.444 e. The SMILES string of the molecule is CC(C)(C)OC(=O)NC(=Nc1ccc(C(=O)Oc2ccc(CC(=O)N[C@@H](Cc3ccccc3)C(C)(C)C)c(C(F)(F)F)c2)cc1)NC(=O)OC(C)(C)C.O=C=O. The molecule has 16 heteroatoms. The molecule has 0 aliphatic rings. The van der Waals surface area contributed by atoms with Gasteiger partial charge in [-0.05, 0) is 101 Å². The highest BCUT2D eigenvalue weighted by Crippen LogP contribution is 2.35. The van der Waals surface area contributed by atoms with Crippen molar-refractivity contribution in [2.45, 2.75) is 98.6 Å². The molecular formula is C40H47F3N4O9. The van der Waals surface area contributed by atoms with Crippen molar-refractivity contribution in [3.63, 3.8) is 0 Å². The molecule has 0 spiro atoms. The average Bonchev–Trinajstić information content (AvgIpc) is 3.03. The van der Waals surface area contributed by atoms with E-state index in [-0.39, 0.29) is 46.1 Å². The second-order valence-electron chi connectivity index (χ2n) is 15.4. The van der Waals surface area contributed by atoms with E-state index in [2.05, 4.69) is 20.9 Å². The Labute approximate surface area is 323 Å². The van der Waals surface area contributed by atoms with Gasteiger partial charge in [-0.25, -0.2) is 19.4 Å². The number of carbonyl (C=O) groups excluding carboxylic acids is 6. The topological polar surface area (TPSA) is 179 Å². The number of alkyl halides is 3. The monoisotopic (exact) mass is 784 g/mol. The molecule has 0 radical (unpaired) electrons. The number of benzene rings is 3. The average molecular weight is 785 g/mol. The maximum Gasteiger partial charge on any atom is 0.416 e. The second-order valence-corrected chi connectivity index (χ2v) is 15.4. The summed E-state index contributed by atoms with van der Waals surface area (Å²) < 4.78 is 58.3. The van der Waals surface area contributed by atoms with Gasteiger partial charge in [0.05, 0.1) is 23.2 Å². The Bertz CT molecular complexity index is 1860. The van der Waals surface area contributed by atoms with Gasteiger partial charge in [-0.2, -0.15) is 22.8 Å². The summed E-state index contributed by atoms with van der Waals surface area (Å²) in [6, 6.07) is 17.4. The number of halogens is 3. The van der Waals surface area contributed by atoms with Crippen LogP contribution >= 0.6 is 0 Å². The van der Waals surface area contributed by atoms with Crippen LogP contribution in [0.3, 0.4) is 0 Å². The number of amides is 3. The van der Waals surface area contributed by atoms with Crippen molar-refractivity contribution < 1.29 is 56.1 Å². The van der Waals surface area contributed by atoms with Crippen molar-refractivity contribution in [2.75, 3.05) is 0 Å². The van der Waals surface area contributed by atoms with Crippen molar-refractivity contribution >= 4 is 41.9 Å². The molecule has 0 fully saturated rings. The number of guanidine groups is 1. The highest BCUT2D eigenvalue weighted by molar-refractivity contribution is 6.02. The Balaban J connectivity index is 0.00000349. The zero-order valence-electron chi connectivity index (χ0n) is 32.7. The molecule has 56 heavy (non-hydrogen) atoms. The van der Waals surface area contributed by atoms with Crippen LogP contribution in [-0.4, -0.2) is 53.4 Å². The molecule has 0 saturated heterocycles. The first kappa shape index (κ1) is 46.1. The fourth-order valence-electron chi connectivity index (χ4n) is 4.73. The predicted molar refractivity (Wildman–Crippen MR) is 199 cm³/mol. The van der Waals surface area contributed by atoms with E-state index < -0.39 is 53.4 Å². The van der Waals surface area contributed by atoms with Crippen molar-refractivity contribution in [2.24, 2.45) is 10.4 Å². The number of nitrogens with zero attached hydrogens (tertiary/aromatic N) is 1. The van der Waals surface area contributed by atoms with Gasteiger partial charge in [-0.15, -0.1) is 0 Å². The molecule has 13 nitrogen and oxygen atoms in total. The van der Waals surface area contributed by atoms with E-state index in [0.717, 1.165) is 11.6 Å². The second kappa shape index (κ2) is 19.5. The van der Waals surface area contributed by atoms with Crippen LogP contribution in [0.5, 0.6) is 5.75 Å². The van der Waals surface area contributed by atoms with Gasteiger partial charge >= 0.3 is 30.5 Å². The number of carbonyl (C=O) groups is 4. The molecule has 3 rings (SSSR count). The smallest absolute Gasteiger partial charge is 0.416 e. The standard InChI is InChI=1S/C39H47F3N4O7.CO2/c1-36(2,3)30(21-24-13-11-10-12-14-24)44-31(47)22-26-17-20-28(23-29(26)39(40,41)42)51-32(48)25-15-18-27(19-16-25)43-33(45-34(49)52-37(4,5)6)46-35(50)53-38(7,8)9;2-1-3/h10-20,23,30H,21-22H2,1-9H3,(H,44,47)(H2,43,45,46,49,50);/t30-;/m0./s1. The number of hydrogen-bond donors (Lipinski definition) is 3. The third-order valence-corrected chi connectivity index (χ3v) is 7.19. The molecule has 0 unspecified atom stereocenters. The normalized spacial score (nSPS) is 12.0. The minimum atomic E-state index is -4.84. The number of aliphatic imine (C=N–C) groups is 1. The van der Waals surface area contributed by atoms with Crippen molar-refractivity contribution in [3.05, 3.63) is 95.1 Å². The summed E-state index contributed by atoms with van der Waals surface area (Å²) in [5.41, 5.74) is -2.35. The fraction of sp³-hybridized carbons (Fsp3) is 0.400. The summed E-state index contributed by atoms with van der Waals surface area (Å²) in [7, 11) is 0. The van der Waals surface area contributed by atoms with E-state index in [1.165, 1.54) is 30.3 Å². The predicted octanol–water partition coefficient (Wildman–Crippen LogP) is 7.69. The highest BCUT2D eigenvalue weighted by atomic mass is 19.4. The molecule has 3 N–H and O–H groups in total. The van der Waals surface area contributed by atoms with Crippen LogP contribution in [-0.2, 0) is 42.9 Å². The van der Waals surface area contributed by atoms with Gasteiger partial charge in [0.25, 0.3) is 0 Å². The van der Waals surface area contributed by atoms with E-state index >= 15 is 0 Å². The van der Waals surface area contributed by atoms with Crippen LogP contribution in [0.4, 0.5) is 28.4 Å². The quantitative estimate of drug-likeness (QED) is 0.0894. The van der Waals surface area contributed by atoms with Gasteiger partial charge in [0, 0.05) is 6.04 Å². The number of rotatable bonds is 8. The van der Waals surface area contributed by atoms with Gasteiger partial charge in [-0.3, -0.25) is 15.4 Å². The van der Waals surface area contributed by atoms with Crippen molar-refractivity contribution in [3.8, 4) is 5.75 Å².